The maximum absolute atomic E-state index is 13.2. The van der Waals surface area contributed by atoms with Crippen molar-refractivity contribution in [1.82, 2.24) is 15.6 Å². The molecule has 1 heterocycles. The third kappa shape index (κ3) is 7.46. The lowest BCUT2D eigenvalue weighted by atomic mass is 10.3. The van der Waals surface area contributed by atoms with Crippen molar-refractivity contribution < 1.29 is 17.6 Å². The SMILES string of the molecule is CN=C(NCCC(F)(F)F)NCc1ncccc1F.I. The molecule has 0 aliphatic rings. The second kappa shape index (κ2) is 8.93. The molecule has 4 nitrogen and oxygen atoms in total. The molecule has 0 atom stereocenters. The molecule has 0 radical (unpaired) electrons. The van der Waals surface area contributed by atoms with Gasteiger partial charge in [0.1, 0.15) is 5.82 Å². The molecule has 0 aliphatic carbocycles. The van der Waals surface area contributed by atoms with Gasteiger partial charge in [-0.15, -0.1) is 24.0 Å². The minimum atomic E-state index is -4.22. The number of rotatable bonds is 4. The van der Waals surface area contributed by atoms with Crippen LogP contribution in [0.5, 0.6) is 0 Å². The van der Waals surface area contributed by atoms with E-state index in [0.717, 1.165) is 0 Å². The molecule has 0 amide bonds. The summed E-state index contributed by atoms with van der Waals surface area (Å²) in [6.07, 6.45) is -3.76. The number of hydrogen-bond donors (Lipinski definition) is 2. The Kier molecular flexibility index (Phi) is 8.42. The summed E-state index contributed by atoms with van der Waals surface area (Å²) in [5.41, 5.74) is 0.168. The fourth-order valence-corrected chi connectivity index (χ4v) is 1.26. The average Bonchev–Trinajstić information content (AvgIpc) is 2.34. The van der Waals surface area contributed by atoms with Crippen LogP contribution in [-0.2, 0) is 6.54 Å². The molecule has 0 bridgehead atoms. The van der Waals surface area contributed by atoms with E-state index in [2.05, 4.69) is 20.6 Å². The van der Waals surface area contributed by atoms with E-state index in [1.807, 2.05) is 0 Å². The van der Waals surface area contributed by atoms with Crippen LogP contribution in [0.2, 0.25) is 0 Å². The van der Waals surface area contributed by atoms with Crippen molar-refractivity contribution in [3.8, 4) is 0 Å². The van der Waals surface area contributed by atoms with Gasteiger partial charge in [-0.05, 0) is 12.1 Å². The molecule has 0 spiro atoms. The van der Waals surface area contributed by atoms with Gasteiger partial charge in [0.2, 0.25) is 0 Å². The molecule has 2 N–H and O–H groups in total. The maximum atomic E-state index is 13.2. The van der Waals surface area contributed by atoms with Crippen molar-refractivity contribution in [2.24, 2.45) is 4.99 Å². The molecular formula is C11H15F4IN4. The third-order valence-corrected chi connectivity index (χ3v) is 2.18. The first kappa shape index (κ1) is 18.9. The fraction of sp³-hybridized carbons (Fsp3) is 0.455. The van der Waals surface area contributed by atoms with Crippen LogP contribution in [0, 0.1) is 5.82 Å². The predicted molar refractivity (Wildman–Crippen MR) is 78.5 cm³/mol. The van der Waals surface area contributed by atoms with Crippen molar-refractivity contribution >= 4 is 29.9 Å². The molecule has 20 heavy (non-hydrogen) atoms. The van der Waals surface area contributed by atoms with Gasteiger partial charge in [-0.25, -0.2) is 4.39 Å². The largest absolute Gasteiger partial charge is 0.390 e. The smallest absolute Gasteiger partial charge is 0.356 e. The molecule has 9 heteroatoms. The number of nitrogens with zero attached hydrogens (tertiary/aromatic N) is 2. The van der Waals surface area contributed by atoms with E-state index in [1.165, 1.54) is 25.4 Å². The Labute approximate surface area is 131 Å². The minimum Gasteiger partial charge on any atom is -0.356 e. The summed E-state index contributed by atoms with van der Waals surface area (Å²) < 4.78 is 49.1. The first-order valence-corrected chi connectivity index (χ1v) is 5.53. The molecule has 1 aromatic heterocycles. The van der Waals surface area contributed by atoms with E-state index < -0.39 is 18.4 Å². The monoisotopic (exact) mass is 406 g/mol. The molecule has 0 unspecified atom stereocenters. The number of aliphatic imine (C=N–C) groups is 1. The molecule has 0 aliphatic heterocycles. The van der Waals surface area contributed by atoms with Crippen molar-refractivity contribution in [1.29, 1.82) is 0 Å². The highest BCUT2D eigenvalue weighted by Crippen LogP contribution is 2.17. The Morgan fingerprint density at radius 2 is 2.05 bits per heavy atom. The van der Waals surface area contributed by atoms with E-state index in [1.54, 1.807) is 0 Å². The van der Waals surface area contributed by atoms with Crippen LogP contribution in [0.1, 0.15) is 12.1 Å². The number of nitrogens with one attached hydrogen (secondary N) is 2. The number of alkyl halides is 3. The average molecular weight is 406 g/mol. The lowest BCUT2D eigenvalue weighted by Crippen LogP contribution is -2.38. The molecule has 0 saturated heterocycles. The lowest BCUT2D eigenvalue weighted by Gasteiger charge is -2.12. The zero-order valence-corrected chi connectivity index (χ0v) is 13.0. The molecule has 1 aromatic rings. The molecular weight excluding hydrogens is 391 g/mol. The summed E-state index contributed by atoms with van der Waals surface area (Å²) in [7, 11) is 1.41. The van der Waals surface area contributed by atoms with E-state index in [0.29, 0.717) is 0 Å². The van der Waals surface area contributed by atoms with Gasteiger partial charge in [0.15, 0.2) is 5.96 Å². The van der Waals surface area contributed by atoms with Crippen LogP contribution >= 0.6 is 24.0 Å². The Morgan fingerprint density at radius 3 is 2.60 bits per heavy atom. The lowest BCUT2D eigenvalue weighted by molar-refractivity contribution is -0.132. The van der Waals surface area contributed by atoms with E-state index in [9.17, 15) is 17.6 Å². The number of guanidine groups is 1. The Hall–Kier alpha value is -1.13. The van der Waals surface area contributed by atoms with Crippen LogP contribution in [0.3, 0.4) is 0 Å². The first-order chi connectivity index (χ1) is 8.92. The summed E-state index contributed by atoms with van der Waals surface area (Å²) in [5, 5.41) is 5.17. The zero-order chi connectivity index (χ0) is 14.3. The topological polar surface area (TPSA) is 49.3 Å². The van der Waals surface area contributed by atoms with Crippen molar-refractivity contribution in [3.05, 3.63) is 29.8 Å². The Balaban J connectivity index is 0.00000361. The number of halogens is 5. The minimum absolute atomic E-state index is 0. The van der Waals surface area contributed by atoms with Crippen LogP contribution < -0.4 is 10.6 Å². The fourth-order valence-electron chi connectivity index (χ4n) is 1.26. The van der Waals surface area contributed by atoms with Crippen LogP contribution in [0.4, 0.5) is 17.6 Å². The highest BCUT2D eigenvalue weighted by molar-refractivity contribution is 14.0. The third-order valence-electron chi connectivity index (χ3n) is 2.18. The van der Waals surface area contributed by atoms with Gasteiger partial charge in [-0.2, -0.15) is 13.2 Å². The van der Waals surface area contributed by atoms with Crippen molar-refractivity contribution in [2.45, 2.75) is 19.1 Å². The highest BCUT2D eigenvalue weighted by Gasteiger charge is 2.26. The van der Waals surface area contributed by atoms with Gasteiger partial charge in [0.25, 0.3) is 0 Å². The number of pyridine rings is 1. The quantitative estimate of drug-likeness (QED) is 0.350. The second-order valence-corrected chi connectivity index (χ2v) is 3.65. The van der Waals surface area contributed by atoms with Crippen LogP contribution in [0.15, 0.2) is 23.3 Å². The normalized spacial score (nSPS) is 11.8. The Morgan fingerprint density at radius 1 is 1.35 bits per heavy atom. The molecule has 0 saturated carbocycles. The van der Waals surface area contributed by atoms with Crippen molar-refractivity contribution in [3.63, 3.8) is 0 Å². The second-order valence-electron chi connectivity index (χ2n) is 3.65. The number of aromatic nitrogens is 1. The van der Waals surface area contributed by atoms with Crippen LogP contribution in [-0.4, -0.2) is 30.7 Å². The van der Waals surface area contributed by atoms with Gasteiger partial charge in [0, 0.05) is 19.8 Å². The summed E-state index contributed by atoms with van der Waals surface area (Å²) in [5.74, 6) is -0.324. The number of hydrogen-bond acceptors (Lipinski definition) is 2. The van der Waals surface area contributed by atoms with Gasteiger partial charge >= 0.3 is 6.18 Å². The molecule has 114 valence electrons. The highest BCUT2D eigenvalue weighted by atomic mass is 127. The van der Waals surface area contributed by atoms with Gasteiger partial charge in [-0.3, -0.25) is 9.98 Å². The zero-order valence-electron chi connectivity index (χ0n) is 10.7. The van der Waals surface area contributed by atoms with Crippen LogP contribution in [0.25, 0.3) is 0 Å². The van der Waals surface area contributed by atoms with Gasteiger partial charge in [-0.1, -0.05) is 0 Å². The molecule has 0 fully saturated rings. The van der Waals surface area contributed by atoms with E-state index in [-0.39, 0.29) is 48.7 Å². The summed E-state index contributed by atoms with van der Waals surface area (Å²) in [6, 6.07) is 2.71. The predicted octanol–water partition coefficient (Wildman–Crippen LogP) is 2.46. The summed E-state index contributed by atoms with van der Waals surface area (Å²) in [6.45, 7) is -0.258. The molecule has 1 rings (SSSR count). The Bertz CT molecular complexity index is 437. The first-order valence-electron chi connectivity index (χ1n) is 5.53. The molecule has 0 aromatic carbocycles. The van der Waals surface area contributed by atoms with Crippen molar-refractivity contribution in [2.75, 3.05) is 13.6 Å². The summed E-state index contributed by atoms with van der Waals surface area (Å²) in [4.78, 5) is 7.53. The van der Waals surface area contributed by atoms with E-state index in [4.69, 9.17) is 0 Å². The van der Waals surface area contributed by atoms with E-state index >= 15 is 0 Å². The van der Waals surface area contributed by atoms with Gasteiger partial charge < -0.3 is 10.6 Å². The van der Waals surface area contributed by atoms with Gasteiger partial charge in [0.05, 0.1) is 18.7 Å². The standard InChI is InChI=1S/C11H14F4N4.HI/c1-16-10(18-6-4-11(13,14)15)19-7-9-8(12)3-2-5-17-9;/h2-3,5H,4,6-7H2,1H3,(H2,16,18,19);1H. The summed E-state index contributed by atoms with van der Waals surface area (Å²) >= 11 is 0. The maximum Gasteiger partial charge on any atom is 0.390 e.